The fourth-order valence-corrected chi connectivity index (χ4v) is 1.97. The van der Waals surface area contributed by atoms with Crippen LogP contribution in [0, 0.1) is 11.8 Å². The first-order valence-corrected chi connectivity index (χ1v) is 8.15. The first kappa shape index (κ1) is 20.4. The van der Waals surface area contributed by atoms with Gasteiger partial charge in [-0.15, -0.1) is 0 Å². The van der Waals surface area contributed by atoms with Crippen molar-refractivity contribution >= 4 is 17.9 Å². The van der Waals surface area contributed by atoms with Crippen LogP contribution in [-0.4, -0.2) is 55.5 Å². The number of carbonyl (C=O) groups excluding carboxylic acids is 3. The van der Waals surface area contributed by atoms with E-state index in [1.807, 2.05) is 0 Å². The van der Waals surface area contributed by atoms with Gasteiger partial charge in [0.1, 0.15) is 12.7 Å². The summed E-state index contributed by atoms with van der Waals surface area (Å²) in [7, 11) is 0. The molecule has 8 heteroatoms. The zero-order chi connectivity index (χ0) is 18.4. The van der Waals surface area contributed by atoms with Crippen LogP contribution in [0.4, 0.5) is 0 Å². The smallest absolute Gasteiger partial charge is 0.367 e. The molecule has 0 aliphatic carbocycles. The van der Waals surface area contributed by atoms with E-state index in [0.717, 1.165) is 0 Å². The van der Waals surface area contributed by atoms with Gasteiger partial charge in [0.15, 0.2) is 12.2 Å². The second-order valence-electron chi connectivity index (χ2n) is 6.56. The summed E-state index contributed by atoms with van der Waals surface area (Å²) >= 11 is 0. The van der Waals surface area contributed by atoms with Crippen molar-refractivity contribution in [3.05, 3.63) is 0 Å². The number of cyclic esters (lactones) is 1. The predicted molar refractivity (Wildman–Crippen MR) is 82.5 cm³/mol. The van der Waals surface area contributed by atoms with Gasteiger partial charge in [-0.05, 0) is 6.92 Å². The van der Waals surface area contributed by atoms with Crippen LogP contribution in [0.15, 0.2) is 0 Å². The summed E-state index contributed by atoms with van der Waals surface area (Å²) in [5.41, 5.74) is 3.67. The monoisotopic (exact) mass is 346 g/mol. The molecule has 4 atom stereocenters. The zero-order valence-corrected chi connectivity index (χ0v) is 14.9. The van der Waals surface area contributed by atoms with Crippen molar-refractivity contribution in [2.45, 2.75) is 59.0 Å². The minimum Gasteiger partial charge on any atom is -0.456 e. The molecular formula is C16H28NO7+. The SMILES string of the molecule is CC(C)C(=O)O[C@H]1[C@H](C)OC(=O)[C@@H]([NH3+])COC[C@@H]1OC(=O)C(C)C. The molecule has 1 aliphatic heterocycles. The minimum absolute atomic E-state index is 0.0124. The lowest BCUT2D eigenvalue weighted by Gasteiger charge is -2.30. The Hall–Kier alpha value is -1.67. The molecule has 0 amide bonds. The summed E-state index contributed by atoms with van der Waals surface area (Å²) in [6.45, 7) is 8.38. The van der Waals surface area contributed by atoms with E-state index >= 15 is 0 Å². The molecule has 1 aliphatic rings. The van der Waals surface area contributed by atoms with E-state index in [4.69, 9.17) is 18.9 Å². The molecule has 0 saturated carbocycles. The Bertz CT molecular complexity index is 463. The van der Waals surface area contributed by atoms with Gasteiger partial charge in [0, 0.05) is 0 Å². The van der Waals surface area contributed by atoms with E-state index in [0.29, 0.717) is 0 Å². The number of carbonyl (C=O) groups is 3. The van der Waals surface area contributed by atoms with Crippen LogP contribution in [0.5, 0.6) is 0 Å². The maximum atomic E-state index is 12.0. The lowest BCUT2D eigenvalue weighted by molar-refractivity contribution is -0.415. The molecule has 0 aromatic rings. The highest BCUT2D eigenvalue weighted by Gasteiger charge is 2.39. The van der Waals surface area contributed by atoms with Gasteiger partial charge in [-0.2, -0.15) is 0 Å². The third-order valence-corrected chi connectivity index (χ3v) is 3.53. The van der Waals surface area contributed by atoms with Crippen LogP contribution in [0.1, 0.15) is 34.6 Å². The molecule has 0 aromatic heterocycles. The Labute approximate surface area is 141 Å². The molecule has 1 fully saturated rings. The van der Waals surface area contributed by atoms with Gasteiger partial charge >= 0.3 is 17.9 Å². The van der Waals surface area contributed by atoms with Crippen molar-refractivity contribution in [3.8, 4) is 0 Å². The second-order valence-corrected chi connectivity index (χ2v) is 6.56. The molecule has 0 unspecified atom stereocenters. The maximum absolute atomic E-state index is 12.0. The third kappa shape index (κ3) is 5.76. The first-order valence-electron chi connectivity index (χ1n) is 8.15. The summed E-state index contributed by atoms with van der Waals surface area (Å²) in [5, 5.41) is 0. The number of quaternary nitrogens is 1. The lowest BCUT2D eigenvalue weighted by Crippen LogP contribution is -2.67. The predicted octanol–water partition coefficient (Wildman–Crippen LogP) is -0.306. The van der Waals surface area contributed by atoms with Crippen LogP contribution >= 0.6 is 0 Å². The van der Waals surface area contributed by atoms with Gasteiger partial charge in [0.05, 0.1) is 18.4 Å². The Morgan fingerprint density at radius 1 is 1.08 bits per heavy atom. The quantitative estimate of drug-likeness (QED) is 0.548. The average molecular weight is 346 g/mol. The zero-order valence-electron chi connectivity index (χ0n) is 14.9. The maximum Gasteiger partial charge on any atom is 0.367 e. The third-order valence-electron chi connectivity index (χ3n) is 3.53. The summed E-state index contributed by atoms with van der Waals surface area (Å²) in [6, 6.07) is -0.701. The Morgan fingerprint density at radius 2 is 1.62 bits per heavy atom. The van der Waals surface area contributed by atoms with Gasteiger partial charge in [0.25, 0.3) is 0 Å². The van der Waals surface area contributed by atoms with Crippen molar-refractivity contribution in [2.24, 2.45) is 11.8 Å². The van der Waals surface area contributed by atoms with Gasteiger partial charge in [-0.25, -0.2) is 4.79 Å². The summed E-state index contributed by atoms with van der Waals surface area (Å²) in [6.07, 6.45) is -2.61. The molecule has 24 heavy (non-hydrogen) atoms. The molecule has 3 N–H and O–H groups in total. The second kappa shape index (κ2) is 8.98. The topological polar surface area (TPSA) is 116 Å². The number of esters is 3. The van der Waals surface area contributed by atoms with Gasteiger partial charge in [0.2, 0.25) is 6.04 Å². The van der Waals surface area contributed by atoms with Gasteiger partial charge < -0.3 is 24.7 Å². The average Bonchev–Trinajstić information content (AvgIpc) is 2.53. The van der Waals surface area contributed by atoms with E-state index in [1.165, 1.54) is 0 Å². The Balaban J connectivity index is 3.02. The Kier molecular flexibility index (Phi) is 7.62. The summed E-state index contributed by atoms with van der Waals surface area (Å²) in [4.78, 5) is 35.9. The number of hydrogen-bond donors (Lipinski definition) is 1. The van der Waals surface area contributed by atoms with Crippen molar-refractivity contribution in [2.75, 3.05) is 13.2 Å². The molecule has 1 heterocycles. The molecular weight excluding hydrogens is 318 g/mol. The lowest BCUT2D eigenvalue weighted by atomic mass is 10.1. The highest BCUT2D eigenvalue weighted by Crippen LogP contribution is 2.18. The van der Waals surface area contributed by atoms with E-state index in [2.05, 4.69) is 5.73 Å². The van der Waals surface area contributed by atoms with Crippen molar-refractivity contribution < 1.29 is 39.1 Å². The molecule has 8 nitrogen and oxygen atoms in total. The van der Waals surface area contributed by atoms with Crippen molar-refractivity contribution in [1.82, 2.24) is 0 Å². The molecule has 0 radical (unpaired) electrons. The molecule has 138 valence electrons. The molecule has 0 spiro atoms. The summed E-state index contributed by atoms with van der Waals surface area (Å²) < 4.78 is 21.6. The first-order chi connectivity index (χ1) is 11.1. The molecule has 1 rings (SSSR count). The van der Waals surface area contributed by atoms with E-state index in [-0.39, 0.29) is 25.0 Å². The minimum atomic E-state index is -0.947. The Morgan fingerprint density at radius 3 is 2.17 bits per heavy atom. The van der Waals surface area contributed by atoms with Crippen molar-refractivity contribution in [3.63, 3.8) is 0 Å². The highest BCUT2D eigenvalue weighted by molar-refractivity contribution is 5.75. The van der Waals surface area contributed by atoms with Crippen molar-refractivity contribution in [1.29, 1.82) is 0 Å². The van der Waals surface area contributed by atoms with Crippen LogP contribution in [-0.2, 0) is 33.3 Å². The largest absolute Gasteiger partial charge is 0.456 e. The van der Waals surface area contributed by atoms with E-state index in [1.54, 1.807) is 34.6 Å². The van der Waals surface area contributed by atoms with Crippen LogP contribution in [0.3, 0.4) is 0 Å². The van der Waals surface area contributed by atoms with Crippen LogP contribution < -0.4 is 5.73 Å². The van der Waals surface area contributed by atoms with Crippen LogP contribution in [0.25, 0.3) is 0 Å². The van der Waals surface area contributed by atoms with E-state index < -0.39 is 42.3 Å². The van der Waals surface area contributed by atoms with Gasteiger partial charge in [-0.3, -0.25) is 9.59 Å². The number of ether oxygens (including phenoxy) is 4. The van der Waals surface area contributed by atoms with E-state index in [9.17, 15) is 14.4 Å². The number of hydrogen-bond acceptors (Lipinski definition) is 7. The molecule has 0 bridgehead atoms. The standard InChI is InChI=1S/C16H27NO7/c1-8(2)14(18)23-12-7-21-6-11(17)16(20)22-10(5)13(12)24-15(19)9(3)4/h8-13H,6-7,17H2,1-5H3/p+1/t10-,11-,12-,13-/m0/s1. The van der Waals surface area contributed by atoms with Crippen LogP contribution in [0.2, 0.25) is 0 Å². The molecule has 1 saturated heterocycles. The summed E-state index contributed by atoms with van der Waals surface area (Å²) in [5.74, 6) is -2.19. The molecule has 0 aromatic carbocycles. The normalized spacial score (nSPS) is 28.6. The fourth-order valence-electron chi connectivity index (χ4n) is 1.97. The highest BCUT2D eigenvalue weighted by atomic mass is 16.6. The van der Waals surface area contributed by atoms with Gasteiger partial charge in [-0.1, -0.05) is 27.7 Å². The number of rotatable bonds is 4. The fraction of sp³-hybridized carbons (Fsp3) is 0.812.